The summed E-state index contributed by atoms with van der Waals surface area (Å²) in [4.78, 5) is 45.7. The Morgan fingerprint density at radius 1 is 1.24 bits per heavy atom. The molecule has 0 aromatic rings. The van der Waals surface area contributed by atoms with E-state index < -0.39 is 35.9 Å². The van der Waals surface area contributed by atoms with Crippen LogP contribution in [0, 0.1) is 0 Å². The molecule has 1 heterocycles. The van der Waals surface area contributed by atoms with E-state index in [1.54, 1.807) is 0 Å². The van der Waals surface area contributed by atoms with Crippen LogP contribution in [0.15, 0.2) is 0 Å². The topological polar surface area (TPSA) is 125 Å². The lowest BCUT2D eigenvalue weighted by Crippen LogP contribution is -2.55. The second-order valence-electron chi connectivity index (χ2n) is 4.48. The number of hydrogen-bond acceptors (Lipinski definition) is 6. The van der Waals surface area contributed by atoms with Gasteiger partial charge in [0, 0.05) is 17.9 Å². The largest absolute Gasteiger partial charge is 0.480 e. The zero-order valence-electron chi connectivity index (χ0n) is 11.0. The third-order valence-electron chi connectivity index (χ3n) is 2.92. The zero-order chi connectivity index (χ0) is 16.0. The predicted octanol–water partition coefficient (Wildman–Crippen LogP) is -1.82. The van der Waals surface area contributed by atoms with E-state index >= 15 is 0 Å². The number of nitrogens with one attached hydrogen (secondary N) is 3. The van der Waals surface area contributed by atoms with Crippen LogP contribution in [0.25, 0.3) is 0 Å². The van der Waals surface area contributed by atoms with E-state index in [-0.39, 0.29) is 23.8 Å². The van der Waals surface area contributed by atoms with Gasteiger partial charge in [-0.25, -0.2) is 4.79 Å². The first-order valence-corrected chi connectivity index (χ1v) is 7.50. The average Bonchev–Trinajstić information content (AvgIpc) is 2.87. The maximum atomic E-state index is 11.9. The quantitative estimate of drug-likeness (QED) is 0.306. The molecule has 8 nitrogen and oxygen atoms in total. The van der Waals surface area contributed by atoms with Gasteiger partial charge in [-0.2, -0.15) is 25.3 Å². The van der Waals surface area contributed by atoms with Crippen LogP contribution < -0.4 is 16.0 Å². The average molecular weight is 335 g/mol. The van der Waals surface area contributed by atoms with Crippen molar-refractivity contribution in [2.45, 2.75) is 31.0 Å². The van der Waals surface area contributed by atoms with Gasteiger partial charge in [0.1, 0.15) is 18.1 Å². The molecule has 0 unspecified atom stereocenters. The molecule has 0 radical (unpaired) electrons. The first-order valence-electron chi connectivity index (χ1n) is 6.23. The highest BCUT2D eigenvalue weighted by molar-refractivity contribution is 7.80. The summed E-state index contributed by atoms with van der Waals surface area (Å²) in [5.74, 6) is -2.67. The van der Waals surface area contributed by atoms with Crippen LogP contribution in [0.3, 0.4) is 0 Å². The normalized spacial score (nSPS) is 20.3. The van der Waals surface area contributed by atoms with Gasteiger partial charge >= 0.3 is 5.97 Å². The highest BCUT2D eigenvalue weighted by Gasteiger charge is 2.31. The Bertz CT molecular complexity index is 446. The van der Waals surface area contributed by atoms with Gasteiger partial charge < -0.3 is 21.1 Å². The molecule has 0 spiro atoms. The number of carboxylic acid groups (broad SMARTS) is 1. The fourth-order valence-corrected chi connectivity index (χ4v) is 2.24. The molecule has 0 aromatic carbocycles. The maximum absolute atomic E-state index is 11.9. The molecule has 1 fully saturated rings. The summed E-state index contributed by atoms with van der Waals surface area (Å²) in [6, 6.07) is -2.81. The summed E-state index contributed by atoms with van der Waals surface area (Å²) >= 11 is 7.79. The molecule has 21 heavy (non-hydrogen) atoms. The molecule has 0 aromatic heterocycles. The van der Waals surface area contributed by atoms with Gasteiger partial charge in [0.2, 0.25) is 17.7 Å². The van der Waals surface area contributed by atoms with Gasteiger partial charge in [-0.15, -0.1) is 0 Å². The van der Waals surface area contributed by atoms with Crippen LogP contribution in [0.5, 0.6) is 0 Å². The highest BCUT2D eigenvalue weighted by Crippen LogP contribution is 2.07. The van der Waals surface area contributed by atoms with E-state index in [0.717, 1.165) is 0 Å². The minimum absolute atomic E-state index is 0.00283. The molecule has 4 N–H and O–H groups in total. The molecule has 3 atom stereocenters. The summed E-state index contributed by atoms with van der Waals surface area (Å²) in [6.45, 7) is 0. The number of carboxylic acids is 1. The van der Waals surface area contributed by atoms with Crippen molar-refractivity contribution >= 4 is 48.9 Å². The summed E-state index contributed by atoms with van der Waals surface area (Å²) in [6.07, 6.45) is 0.622. The molecule has 1 rings (SSSR count). The van der Waals surface area contributed by atoms with Crippen LogP contribution in [0.1, 0.15) is 12.8 Å². The van der Waals surface area contributed by atoms with Crippen molar-refractivity contribution < 1.29 is 24.3 Å². The molecule has 1 aliphatic heterocycles. The molecule has 118 valence electrons. The van der Waals surface area contributed by atoms with Crippen molar-refractivity contribution in [1.82, 2.24) is 16.0 Å². The molecule has 10 heteroatoms. The minimum atomic E-state index is -1.22. The lowest BCUT2D eigenvalue weighted by atomic mass is 10.2. The second-order valence-corrected chi connectivity index (χ2v) is 5.21. The van der Waals surface area contributed by atoms with Gasteiger partial charge in [-0.3, -0.25) is 14.4 Å². The first kappa shape index (κ1) is 17.6. The van der Waals surface area contributed by atoms with E-state index in [2.05, 4.69) is 41.2 Å². The van der Waals surface area contributed by atoms with E-state index in [1.165, 1.54) is 0 Å². The van der Waals surface area contributed by atoms with Crippen LogP contribution in [0.4, 0.5) is 0 Å². The SMILES string of the molecule is O=C1CC[C@@H](C(=O)N[C@@H](CS)C(=O)N[C@@H](CS)C(=O)O)N1. The second kappa shape index (κ2) is 8.13. The number of hydrogen-bond donors (Lipinski definition) is 6. The van der Waals surface area contributed by atoms with E-state index in [9.17, 15) is 19.2 Å². The van der Waals surface area contributed by atoms with Crippen molar-refractivity contribution in [2.24, 2.45) is 0 Å². The van der Waals surface area contributed by atoms with Crippen molar-refractivity contribution in [3.8, 4) is 0 Å². The Morgan fingerprint density at radius 3 is 2.29 bits per heavy atom. The van der Waals surface area contributed by atoms with Crippen LogP contribution >= 0.6 is 25.3 Å². The van der Waals surface area contributed by atoms with Crippen molar-refractivity contribution in [2.75, 3.05) is 11.5 Å². The molecular weight excluding hydrogens is 318 g/mol. The molecule has 0 aliphatic carbocycles. The fraction of sp³-hybridized carbons (Fsp3) is 0.636. The molecular formula is C11H17N3O5S2. The predicted molar refractivity (Wildman–Crippen MR) is 80.4 cm³/mol. The number of amides is 3. The standard InChI is InChI=1S/C11H17N3O5S2/c15-8-2-1-5(12-8)9(16)13-6(3-20)10(17)14-7(4-21)11(18)19/h5-7,20-21H,1-4H2,(H,12,15)(H,13,16)(H,14,17)(H,18,19)/t5-,6-,7-/m0/s1. The lowest BCUT2D eigenvalue weighted by Gasteiger charge is -2.20. The Balaban J connectivity index is 2.57. The van der Waals surface area contributed by atoms with E-state index in [1.807, 2.05) is 0 Å². The number of aliphatic carboxylic acids is 1. The molecule has 1 aliphatic rings. The Kier molecular flexibility index (Phi) is 6.82. The van der Waals surface area contributed by atoms with Gasteiger partial charge in [0.05, 0.1) is 0 Å². The van der Waals surface area contributed by atoms with Crippen molar-refractivity contribution in [3.05, 3.63) is 0 Å². The maximum Gasteiger partial charge on any atom is 0.327 e. The summed E-state index contributed by atoms with van der Waals surface area (Å²) in [5, 5.41) is 16.0. The molecule has 3 amide bonds. The Labute approximate surface area is 132 Å². The number of thiol groups is 2. The summed E-state index contributed by atoms with van der Waals surface area (Å²) in [7, 11) is 0. The smallest absolute Gasteiger partial charge is 0.327 e. The molecule has 0 bridgehead atoms. The van der Waals surface area contributed by atoms with Crippen LogP contribution in [0.2, 0.25) is 0 Å². The van der Waals surface area contributed by atoms with Gasteiger partial charge in [-0.05, 0) is 6.42 Å². The first-order chi connectivity index (χ1) is 9.88. The minimum Gasteiger partial charge on any atom is -0.480 e. The Hall–Kier alpha value is -1.42. The number of rotatable bonds is 7. The number of carbonyl (C=O) groups excluding carboxylic acids is 3. The van der Waals surface area contributed by atoms with Crippen LogP contribution in [-0.4, -0.2) is 58.4 Å². The highest BCUT2D eigenvalue weighted by atomic mass is 32.1. The zero-order valence-corrected chi connectivity index (χ0v) is 12.8. The summed E-state index contributed by atoms with van der Waals surface area (Å²) in [5.41, 5.74) is 0. The summed E-state index contributed by atoms with van der Waals surface area (Å²) < 4.78 is 0. The van der Waals surface area contributed by atoms with Crippen molar-refractivity contribution in [3.63, 3.8) is 0 Å². The van der Waals surface area contributed by atoms with E-state index in [0.29, 0.717) is 6.42 Å². The molecule has 1 saturated heterocycles. The van der Waals surface area contributed by atoms with Gasteiger partial charge in [-0.1, -0.05) is 0 Å². The van der Waals surface area contributed by atoms with Crippen LogP contribution in [-0.2, 0) is 19.2 Å². The van der Waals surface area contributed by atoms with Crippen molar-refractivity contribution in [1.29, 1.82) is 0 Å². The fourth-order valence-electron chi connectivity index (χ4n) is 1.73. The Morgan fingerprint density at radius 2 is 1.86 bits per heavy atom. The third kappa shape index (κ3) is 5.12. The molecule has 0 saturated carbocycles. The van der Waals surface area contributed by atoms with E-state index in [4.69, 9.17) is 5.11 Å². The number of carbonyl (C=O) groups is 4. The van der Waals surface area contributed by atoms with Gasteiger partial charge in [0.15, 0.2) is 0 Å². The third-order valence-corrected chi connectivity index (χ3v) is 3.65. The lowest BCUT2D eigenvalue weighted by molar-refractivity contribution is -0.141. The van der Waals surface area contributed by atoms with Gasteiger partial charge in [0.25, 0.3) is 0 Å². The monoisotopic (exact) mass is 335 g/mol.